The maximum Gasteiger partial charge on any atom is 0.0649 e. The summed E-state index contributed by atoms with van der Waals surface area (Å²) >= 11 is 0. The van der Waals surface area contributed by atoms with Crippen molar-refractivity contribution in [3.05, 3.63) is 11.6 Å². The molecule has 0 aromatic carbocycles. The minimum absolute atomic E-state index is 0.0249. The van der Waals surface area contributed by atoms with Gasteiger partial charge in [0, 0.05) is 17.9 Å². The van der Waals surface area contributed by atoms with E-state index in [-0.39, 0.29) is 51.3 Å². The number of aliphatic hydroxyl groups is 2. The number of methoxy groups -OCH3 is 1. The average molecular weight is 473 g/mol. The Morgan fingerprint density at radius 1 is 0.882 bits per heavy atom. The molecule has 4 saturated carbocycles. The van der Waals surface area contributed by atoms with Crippen molar-refractivity contribution in [3.63, 3.8) is 0 Å². The van der Waals surface area contributed by atoms with Gasteiger partial charge in [-0.05, 0) is 97.2 Å². The topological polar surface area (TPSA) is 49.7 Å². The fourth-order valence-corrected chi connectivity index (χ4v) is 11.1. The van der Waals surface area contributed by atoms with Crippen molar-refractivity contribution in [2.75, 3.05) is 13.7 Å². The highest BCUT2D eigenvalue weighted by atomic mass is 16.5. The summed E-state index contributed by atoms with van der Waals surface area (Å²) in [6.45, 7) is 17.5. The number of rotatable bonds is 2. The van der Waals surface area contributed by atoms with Crippen LogP contribution in [0.5, 0.6) is 0 Å². The molecule has 8 unspecified atom stereocenters. The Balaban J connectivity index is 1.57. The summed E-state index contributed by atoms with van der Waals surface area (Å²) in [5.41, 5.74) is 2.47. The third kappa shape index (κ3) is 2.99. The van der Waals surface area contributed by atoms with Crippen LogP contribution < -0.4 is 0 Å². The van der Waals surface area contributed by atoms with Crippen LogP contribution in [0.4, 0.5) is 0 Å². The second-order valence-corrected chi connectivity index (χ2v) is 15.4. The average Bonchev–Trinajstić information content (AvgIpc) is 2.75. The van der Waals surface area contributed by atoms with Crippen molar-refractivity contribution in [2.24, 2.45) is 50.2 Å². The molecule has 0 radical (unpaired) electrons. The number of ether oxygens (including phenoxy) is 1. The molecule has 3 heteroatoms. The number of fused-ring (bicyclic) bond motifs is 7. The zero-order valence-corrected chi connectivity index (χ0v) is 23.3. The van der Waals surface area contributed by atoms with E-state index >= 15 is 0 Å². The first kappa shape index (κ1) is 25.3. The van der Waals surface area contributed by atoms with Gasteiger partial charge < -0.3 is 14.9 Å². The standard InChI is InChI=1S/C31H52O3/c1-26(2)17-21-20-9-10-23-28(4)13-12-25(34-8)29(5,19-32)22(28)11-14-31(23,7)30(20,6)16-15-27(21,3)24(33)18-26/h9,21-25,32-33H,10-19H2,1-8H3/t21?,22?,23?,24?,25?,27?,28?,29-,30-,31?/m1/s1. The smallest absolute Gasteiger partial charge is 0.0649 e. The Labute approximate surface area is 209 Å². The van der Waals surface area contributed by atoms with Crippen molar-refractivity contribution in [1.82, 2.24) is 0 Å². The van der Waals surface area contributed by atoms with Gasteiger partial charge in [-0.2, -0.15) is 0 Å². The van der Waals surface area contributed by atoms with E-state index in [1.165, 1.54) is 32.1 Å². The molecule has 0 heterocycles. The van der Waals surface area contributed by atoms with E-state index in [0.29, 0.717) is 17.8 Å². The van der Waals surface area contributed by atoms with Gasteiger partial charge in [0.2, 0.25) is 0 Å². The Morgan fingerprint density at radius 2 is 1.59 bits per heavy atom. The van der Waals surface area contributed by atoms with Crippen LogP contribution in [-0.2, 0) is 4.74 Å². The number of hydrogen-bond acceptors (Lipinski definition) is 3. The molecule has 0 aromatic heterocycles. The first-order chi connectivity index (χ1) is 15.7. The maximum absolute atomic E-state index is 11.3. The molecule has 5 rings (SSSR count). The Morgan fingerprint density at radius 3 is 2.24 bits per heavy atom. The summed E-state index contributed by atoms with van der Waals surface area (Å²) in [5, 5.41) is 22.0. The van der Waals surface area contributed by atoms with E-state index < -0.39 is 0 Å². The number of allylic oxidation sites excluding steroid dienone is 2. The predicted molar refractivity (Wildman–Crippen MR) is 138 cm³/mol. The van der Waals surface area contributed by atoms with Crippen molar-refractivity contribution in [1.29, 1.82) is 0 Å². The lowest BCUT2D eigenvalue weighted by Crippen LogP contribution is -2.66. The van der Waals surface area contributed by atoms with Crippen LogP contribution in [0.15, 0.2) is 11.6 Å². The molecule has 3 nitrogen and oxygen atoms in total. The van der Waals surface area contributed by atoms with Gasteiger partial charge in [0.1, 0.15) is 0 Å². The zero-order valence-electron chi connectivity index (χ0n) is 23.3. The van der Waals surface area contributed by atoms with E-state index in [4.69, 9.17) is 4.74 Å². The van der Waals surface area contributed by atoms with Gasteiger partial charge in [-0.3, -0.25) is 0 Å². The molecule has 0 spiro atoms. The molecule has 0 aliphatic heterocycles. The molecule has 0 amide bonds. The summed E-state index contributed by atoms with van der Waals surface area (Å²) in [4.78, 5) is 0. The molecule has 194 valence electrons. The van der Waals surface area contributed by atoms with Crippen LogP contribution in [0.3, 0.4) is 0 Å². The monoisotopic (exact) mass is 472 g/mol. The van der Waals surface area contributed by atoms with Gasteiger partial charge in [0.05, 0.1) is 18.8 Å². The Bertz CT molecular complexity index is 863. The predicted octanol–water partition coefficient (Wildman–Crippen LogP) is 6.77. The lowest BCUT2D eigenvalue weighted by molar-refractivity contribution is -0.222. The van der Waals surface area contributed by atoms with Crippen molar-refractivity contribution < 1.29 is 14.9 Å². The van der Waals surface area contributed by atoms with E-state index in [9.17, 15) is 10.2 Å². The van der Waals surface area contributed by atoms with Gasteiger partial charge in [-0.15, -0.1) is 0 Å². The Hall–Kier alpha value is -0.380. The molecule has 5 aliphatic carbocycles. The molecule has 5 aliphatic rings. The molecule has 0 bridgehead atoms. The van der Waals surface area contributed by atoms with Gasteiger partial charge in [-0.1, -0.05) is 60.1 Å². The molecule has 4 fully saturated rings. The fraction of sp³-hybridized carbons (Fsp3) is 0.935. The Kier molecular flexibility index (Phi) is 5.63. The SMILES string of the molecule is COC1CCC2(C)C3CC=C4C5CC(C)(C)CC(O)C5(C)CC[C@@]4(C)C3(C)CCC2[C@@]1(C)CO. The van der Waals surface area contributed by atoms with Crippen LogP contribution in [0, 0.1) is 50.2 Å². The molecule has 34 heavy (non-hydrogen) atoms. The maximum atomic E-state index is 11.3. The largest absolute Gasteiger partial charge is 0.396 e. The van der Waals surface area contributed by atoms with Crippen LogP contribution in [-0.4, -0.2) is 36.1 Å². The van der Waals surface area contributed by atoms with Crippen molar-refractivity contribution >= 4 is 0 Å². The van der Waals surface area contributed by atoms with Gasteiger partial charge in [0.25, 0.3) is 0 Å². The lowest BCUT2D eigenvalue weighted by Gasteiger charge is -2.71. The summed E-state index contributed by atoms with van der Waals surface area (Å²) in [6.07, 6.45) is 13.0. The summed E-state index contributed by atoms with van der Waals surface area (Å²) in [6, 6.07) is 0. The first-order valence-electron chi connectivity index (χ1n) is 14.2. The van der Waals surface area contributed by atoms with E-state index in [0.717, 1.165) is 25.7 Å². The second-order valence-electron chi connectivity index (χ2n) is 15.4. The highest BCUT2D eigenvalue weighted by Gasteiger charge is 2.69. The fourth-order valence-electron chi connectivity index (χ4n) is 11.1. The third-order valence-corrected chi connectivity index (χ3v) is 13.5. The zero-order chi connectivity index (χ0) is 24.9. The minimum atomic E-state index is -0.194. The summed E-state index contributed by atoms with van der Waals surface area (Å²) < 4.78 is 5.96. The molecule has 0 aromatic rings. The van der Waals surface area contributed by atoms with Gasteiger partial charge in [0.15, 0.2) is 0 Å². The first-order valence-corrected chi connectivity index (χ1v) is 14.2. The van der Waals surface area contributed by atoms with Crippen LogP contribution in [0.1, 0.15) is 106 Å². The van der Waals surface area contributed by atoms with E-state index in [2.05, 4.69) is 54.5 Å². The third-order valence-electron chi connectivity index (χ3n) is 13.5. The van der Waals surface area contributed by atoms with Gasteiger partial charge in [-0.25, -0.2) is 0 Å². The highest BCUT2D eigenvalue weighted by Crippen LogP contribution is 2.75. The summed E-state index contributed by atoms with van der Waals surface area (Å²) in [7, 11) is 1.84. The van der Waals surface area contributed by atoms with Crippen LogP contribution in [0.2, 0.25) is 0 Å². The van der Waals surface area contributed by atoms with E-state index in [1.807, 2.05) is 7.11 Å². The minimum Gasteiger partial charge on any atom is -0.396 e. The van der Waals surface area contributed by atoms with Crippen molar-refractivity contribution in [2.45, 2.75) is 118 Å². The molecular weight excluding hydrogens is 420 g/mol. The molecule has 0 saturated heterocycles. The molecule has 10 atom stereocenters. The van der Waals surface area contributed by atoms with Gasteiger partial charge >= 0.3 is 0 Å². The van der Waals surface area contributed by atoms with Crippen LogP contribution >= 0.6 is 0 Å². The second kappa shape index (κ2) is 7.57. The highest BCUT2D eigenvalue weighted by molar-refractivity contribution is 5.34. The summed E-state index contributed by atoms with van der Waals surface area (Å²) in [5.74, 6) is 1.65. The lowest BCUT2D eigenvalue weighted by atomic mass is 9.33. The quantitative estimate of drug-likeness (QED) is 0.436. The number of hydrogen-bond donors (Lipinski definition) is 2. The van der Waals surface area contributed by atoms with Crippen molar-refractivity contribution in [3.8, 4) is 0 Å². The molecular formula is C31H52O3. The number of aliphatic hydroxyl groups excluding tert-OH is 2. The van der Waals surface area contributed by atoms with Crippen LogP contribution in [0.25, 0.3) is 0 Å². The van der Waals surface area contributed by atoms with E-state index in [1.54, 1.807) is 5.57 Å². The normalized spacial score (nSPS) is 56.4. The molecule has 2 N–H and O–H groups in total.